The molecule has 4 nitrogen and oxygen atoms in total. The van der Waals surface area contributed by atoms with E-state index in [0.717, 1.165) is 19.3 Å². The third-order valence-electron chi connectivity index (χ3n) is 3.65. The van der Waals surface area contributed by atoms with Gasteiger partial charge in [-0.05, 0) is 37.0 Å². The van der Waals surface area contributed by atoms with Crippen LogP contribution in [-0.2, 0) is 4.74 Å². The molecule has 0 aromatic carbocycles. The van der Waals surface area contributed by atoms with Gasteiger partial charge in [-0.25, -0.2) is 4.79 Å². The second kappa shape index (κ2) is 7.73. The number of amides is 1. The van der Waals surface area contributed by atoms with E-state index < -0.39 is 0 Å². The van der Waals surface area contributed by atoms with Gasteiger partial charge in [-0.15, -0.1) is 0 Å². The van der Waals surface area contributed by atoms with E-state index in [9.17, 15) is 9.90 Å². The van der Waals surface area contributed by atoms with Crippen LogP contribution >= 0.6 is 0 Å². The Kier molecular flexibility index (Phi) is 6.63. The first-order valence-electron chi connectivity index (χ1n) is 7.50. The first-order chi connectivity index (χ1) is 8.95. The van der Waals surface area contributed by atoms with E-state index in [0.29, 0.717) is 30.9 Å². The number of rotatable bonds is 5. The topological polar surface area (TPSA) is 49.8 Å². The average Bonchev–Trinajstić information content (AvgIpc) is 2.34. The van der Waals surface area contributed by atoms with E-state index in [-0.39, 0.29) is 18.7 Å². The summed E-state index contributed by atoms with van der Waals surface area (Å²) in [5.74, 6) is 1.32. The number of aliphatic hydroxyl groups excluding tert-OH is 1. The maximum Gasteiger partial charge on any atom is 0.410 e. The van der Waals surface area contributed by atoms with E-state index >= 15 is 0 Å². The molecule has 1 rings (SSSR count). The molecule has 1 aliphatic rings. The highest BCUT2D eigenvalue weighted by Crippen LogP contribution is 2.29. The van der Waals surface area contributed by atoms with Gasteiger partial charge in [-0.1, -0.05) is 27.7 Å². The van der Waals surface area contributed by atoms with Crippen LogP contribution in [0.25, 0.3) is 0 Å². The monoisotopic (exact) mass is 271 g/mol. The fraction of sp³-hybridized carbons (Fsp3) is 0.933. The Morgan fingerprint density at radius 2 is 2.00 bits per heavy atom. The second-order valence-corrected chi connectivity index (χ2v) is 6.45. The first-order valence-corrected chi connectivity index (χ1v) is 7.50. The minimum Gasteiger partial charge on any atom is -0.449 e. The fourth-order valence-corrected chi connectivity index (χ4v) is 2.81. The molecular weight excluding hydrogens is 242 g/mol. The molecule has 1 heterocycles. The molecule has 0 aliphatic carbocycles. The van der Waals surface area contributed by atoms with Crippen molar-refractivity contribution in [2.45, 2.75) is 53.0 Å². The molecule has 0 aromatic heterocycles. The highest BCUT2D eigenvalue weighted by molar-refractivity contribution is 5.68. The van der Waals surface area contributed by atoms with Gasteiger partial charge in [0.25, 0.3) is 0 Å². The van der Waals surface area contributed by atoms with E-state index in [1.807, 2.05) is 13.8 Å². The van der Waals surface area contributed by atoms with Crippen LogP contribution in [-0.4, -0.2) is 41.9 Å². The quantitative estimate of drug-likeness (QED) is 0.836. The second-order valence-electron chi connectivity index (χ2n) is 6.45. The molecule has 0 bridgehead atoms. The van der Waals surface area contributed by atoms with Gasteiger partial charge in [-0.3, -0.25) is 0 Å². The smallest absolute Gasteiger partial charge is 0.410 e. The lowest BCUT2D eigenvalue weighted by Gasteiger charge is -2.40. The van der Waals surface area contributed by atoms with E-state index in [1.165, 1.54) is 0 Å². The lowest BCUT2D eigenvalue weighted by molar-refractivity contribution is 0.0202. The van der Waals surface area contributed by atoms with Crippen LogP contribution < -0.4 is 0 Å². The highest BCUT2D eigenvalue weighted by atomic mass is 16.6. The Labute approximate surface area is 117 Å². The molecule has 0 radical (unpaired) electrons. The van der Waals surface area contributed by atoms with Crippen LogP contribution in [0.2, 0.25) is 0 Å². The molecule has 0 aromatic rings. The molecule has 0 spiro atoms. The Bertz CT molecular complexity index is 279. The predicted molar refractivity (Wildman–Crippen MR) is 75.9 cm³/mol. The number of nitrogens with zero attached hydrogens (tertiary/aromatic N) is 1. The average molecular weight is 271 g/mol. The summed E-state index contributed by atoms with van der Waals surface area (Å²) in [5, 5.41) is 9.62. The van der Waals surface area contributed by atoms with Crippen LogP contribution in [0.4, 0.5) is 4.79 Å². The number of piperidine rings is 1. The van der Waals surface area contributed by atoms with Crippen LogP contribution in [0.1, 0.15) is 47.0 Å². The van der Waals surface area contributed by atoms with Crippen molar-refractivity contribution in [1.82, 2.24) is 4.90 Å². The van der Waals surface area contributed by atoms with Gasteiger partial charge in [0.15, 0.2) is 0 Å². The Balaban J connectivity index is 2.62. The van der Waals surface area contributed by atoms with Gasteiger partial charge >= 0.3 is 6.09 Å². The first kappa shape index (κ1) is 16.3. The summed E-state index contributed by atoms with van der Waals surface area (Å²) >= 11 is 0. The minimum atomic E-state index is -0.263. The SMILES string of the molecule is CC(C)COC(=O)N1CCCC(CC(C)C)C1CO. The van der Waals surface area contributed by atoms with Crippen molar-refractivity contribution in [3.05, 3.63) is 0 Å². The zero-order valence-corrected chi connectivity index (χ0v) is 12.8. The summed E-state index contributed by atoms with van der Waals surface area (Å²) in [6, 6.07) is -0.0733. The molecule has 112 valence electrons. The highest BCUT2D eigenvalue weighted by Gasteiger charge is 2.34. The van der Waals surface area contributed by atoms with Gasteiger partial charge < -0.3 is 14.7 Å². The van der Waals surface area contributed by atoms with E-state index in [1.54, 1.807) is 4.90 Å². The third kappa shape index (κ3) is 5.01. The molecule has 4 heteroatoms. The van der Waals surface area contributed by atoms with E-state index in [2.05, 4.69) is 13.8 Å². The summed E-state index contributed by atoms with van der Waals surface area (Å²) < 4.78 is 5.30. The fourth-order valence-electron chi connectivity index (χ4n) is 2.81. The maximum atomic E-state index is 12.1. The van der Waals surface area contributed by atoms with Gasteiger partial charge in [0, 0.05) is 6.54 Å². The molecule has 1 amide bonds. The largest absolute Gasteiger partial charge is 0.449 e. The standard InChI is InChI=1S/C15H29NO3/c1-11(2)8-13-6-5-7-16(14(13)9-17)15(18)19-10-12(3)4/h11-14,17H,5-10H2,1-4H3. The summed E-state index contributed by atoms with van der Waals surface area (Å²) in [6.45, 7) is 9.60. The number of hydrogen-bond donors (Lipinski definition) is 1. The lowest BCUT2D eigenvalue weighted by Crippen LogP contribution is -2.51. The van der Waals surface area contributed by atoms with Crippen LogP contribution in [0, 0.1) is 17.8 Å². The Morgan fingerprint density at radius 1 is 1.32 bits per heavy atom. The third-order valence-corrected chi connectivity index (χ3v) is 3.65. The maximum absolute atomic E-state index is 12.1. The van der Waals surface area contributed by atoms with Crippen LogP contribution in [0.15, 0.2) is 0 Å². The van der Waals surface area contributed by atoms with Crippen LogP contribution in [0.3, 0.4) is 0 Å². The minimum absolute atomic E-state index is 0.0359. The zero-order chi connectivity index (χ0) is 14.4. The van der Waals surface area contributed by atoms with Gasteiger partial charge in [0.1, 0.15) is 0 Å². The van der Waals surface area contributed by atoms with Crippen LogP contribution in [0.5, 0.6) is 0 Å². The van der Waals surface area contributed by atoms with Crippen molar-refractivity contribution < 1.29 is 14.6 Å². The van der Waals surface area contributed by atoms with Crippen molar-refractivity contribution in [3.8, 4) is 0 Å². The van der Waals surface area contributed by atoms with Crippen molar-refractivity contribution in [3.63, 3.8) is 0 Å². The molecule has 1 fully saturated rings. The molecule has 2 unspecified atom stereocenters. The predicted octanol–water partition coefficient (Wildman–Crippen LogP) is 2.90. The normalized spacial score (nSPS) is 24.1. The Hall–Kier alpha value is -0.770. The lowest BCUT2D eigenvalue weighted by atomic mass is 9.83. The zero-order valence-electron chi connectivity index (χ0n) is 12.8. The molecule has 1 saturated heterocycles. The number of carbonyl (C=O) groups excluding carboxylic acids is 1. The summed E-state index contributed by atoms with van der Waals surface area (Å²) in [7, 11) is 0. The van der Waals surface area contributed by atoms with Gasteiger partial charge in [-0.2, -0.15) is 0 Å². The molecule has 1 aliphatic heterocycles. The van der Waals surface area contributed by atoms with Crippen molar-refractivity contribution >= 4 is 6.09 Å². The molecule has 19 heavy (non-hydrogen) atoms. The number of likely N-dealkylation sites (tertiary alicyclic amines) is 1. The molecule has 1 N–H and O–H groups in total. The van der Waals surface area contributed by atoms with Crippen molar-refractivity contribution in [2.24, 2.45) is 17.8 Å². The number of hydrogen-bond acceptors (Lipinski definition) is 3. The summed E-state index contributed by atoms with van der Waals surface area (Å²) in [5.41, 5.74) is 0. The van der Waals surface area contributed by atoms with Crippen molar-refractivity contribution in [1.29, 1.82) is 0 Å². The Morgan fingerprint density at radius 3 is 2.53 bits per heavy atom. The van der Waals surface area contributed by atoms with Crippen molar-refractivity contribution in [2.75, 3.05) is 19.8 Å². The molecular formula is C15H29NO3. The summed E-state index contributed by atoms with van der Waals surface area (Å²) in [4.78, 5) is 13.8. The molecule has 0 saturated carbocycles. The van der Waals surface area contributed by atoms with Gasteiger partial charge in [0.2, 0.25) is 0 Å². The number of ether oxygens (including phenoxy) is 1. The summed E-state index contributed by atoms with van der Waals surface area (Å²) in [6.07, 6.45) is 2.89. The molecule has 2 atom stereocenters. The number of carbonyl (C=O) groups is 1. The van der Waals surface area contributed by atoms with E-state index in [4.69, 9.17) is 4.74 Å². The van der Waals surface area contributed by atoms with Gasteiger partial charge in [0.05, 0.1) is 19.3 Å². The number of aliphatic hydroxyl groups is 1.